The van der Waals surface area contributed by atoms with E-state index in [0.717, 1.165) is 27.1 Å². The number of rotatable bonds is 5. The van der Waals surface area contributed by atoms with Crippen molar-refractivity contribution in [2.75, 3.05) is 11.4 Å². The molecule has 0 aliphatic carbocycles. The maximum atomic E-state index is 14.1. The first-order valence-corrected chi connectivity index (χ1v) is 12.7. The van der Waals surface area contributed by atoms with E-state index in [0.29, 0.717) is 18.5 Å². The Morgan fingerprint density at radius 3 is 2.50 bits per heavy atom. The quantitative estimate of drug-likeness (QED) is 0.363. The van der Waals surface area contributed by atoms with Crippen LogP contribution in [-0.2, 0) is 11.2 Å². The summed E-state index contributed by atoms with van der Waals surface area (Å²) in [5.41, 5.74) is 3.88. The molecule has 2 N–H and O–H groups in total. The van der Waals surface area contributed by atoms with Gasteiger partial charge in [0.1, 0.15) is 17.9 Å². The number of imide groups is 1. The van der Waals surface area contributed by atoms with Crippen LogP contribution in [0.15, 0.2) is 72.8 Å². The number of amides is 4. The highest BCUT2D eigenvalue weighted by molar-refractivity contribution is 6.24. The van der Waals surface area contributed by atoms with E-state index in [1.54, 1.807) is 41.3 Å². The number of hydrogen-bond acceptors (Lipinski definition) is 3. The molecule has 192 valence electrons. The number of anilines is 1. The third kappa shape index (κ3) is 3.75. The van der Waals surface area contributed by atoms with Crippen molar-refractivity contribution in [2.24, 2.45) is 5.92 Å². The molecule has 7 nitrogen and oxygen atoms in total. The summed E-state index contributed by atoms with van der Waals surface area (Å²) in [6.45, 7) is 4.45. The first-order valence-electron chi connectivity index (χ1n) is 12.7. The van der Waals surface area contributed by atoms with E-state index in [4.69, 9.17) is 0 Å². The molecule has 3 heterocycles. The second-order valence-corrected chi connectivity index (χ2v) is 10.2. The average Bonchev–Trinajstić information content (AvgIpc) is 3.41. The molecule has 1 unspecified atom stereocenters. The monoisotopic (exact) mass is 510 g/mol. The van der Waals surface area contributed by atoms with Crippen LogP contribution in [0.5, 0.6) is 0 Å². The van der Waals surface area contributed by atoms with Crippen molar-refractivity contribution >= 4 is 34.4 Å². The number of hydrogen-bond donors (Lipinski definition) is 2. The summed E-state index contributed by atoms with van der Waals surface area (Å²) in [6.07, 6.45) is 0.333. The number of aromatic amines is 1. The Hall–Kier alpha value is -4.46. The minimum absolute atomic E-state index is 0.246. The minimum Gasteiger partial charge on any atom is -0.356 e. The van der Waals surface area contributed by atoms with E-state index in [9.17, 15) is 18.8 Å². The second-order valence-electron chi connectivity index (χ2n) is 10.2. The number of benzene rings is 3. The van der Waals surface area contributed by atoms with Gasteiger partial charge in [-0.3, -0.25) is 14.5 Å². The maximum absolute atomic E-state index is 14.1. The van der Waals surface area contributed by atoms with Crippen molar-refractivity contribution in [2.45, 2.75) is 32.4 Å². The van der Waals surface area contributed by atoms with E-state index >= 15 is 0 Å². The van der Waals surface area contributed by atoms with Gasteiger partial charge >= 0.3 is 6.03 Å². The van der Waals surface area contributed by atoms with Crippen LogP contribution in [-0.4, -0.2) is 40.3 Å². The SMILES string of the molecule is CC(C)CNC(=O)c1ccccc1N1C(=O)[C@@H]2Cc3c([nH]c4ccccc34)C(c3ccc(F)cc3)N2C1=O. The van der Waals surface area contributed by atoms with Crippen molar-refractivity contribution in [3.8, 4) is 0 Å². The molecule has 2 atom stereocenters. The number of carbonyl (C=O) groups is 3. The van der Waals surface area contributed by atoms with Crippen LogP contribution in [0.3, 0.4) is 0 Å². The van der Waals surface area contributed by atoms with Crippen LogP contribution in [0.4, 0.5) is 14.9 Å². The predicted molar refractivity (Wildman–Crippen MR) is 142 cm³/mol. The zero-order valence-corrected chi connectivity index (χ0v) is 21.1. The number of urea groups is 1. The summed E-state index contributed by atoms with van der Waals surface area (Å²) in [6, 6.07) is 18.6. The van der Waals surface area contributed by atoms with Crippen LogP contribution < -0.4 is 10.2 Å². The summed E-state index contributed by atoms with van der Waals surface area (Å²) in [5.74, 6) is -0.867. The molecule has 2 aliphatic rings. The van der Waals surface area contributed by atoms with Crippen LogP contribution >= 0.6 is 0 Å². The van der Waals surface area contributed by atoms with Gasteiger partial charge in [-0.05, 0) is 47.4 Å². The lowest BCUT2D eigenvalue weighted by Crippen LogP contribution is -2.44. The van der Waals surface area contributed by atoms with Gasteiger partial charge in [0, 0.05) is 29.6 Å². The summed E-state index contributed by atoms with van der Waals surface area (Å²) in [5, 5.41) is 3.87. The Balaban J connectivity index is 1.47. The lowest BCUT2D eigenvalue weighted by atomic mass is 9.89. The molecule has 1 aromatic heterocycles. The van der Waals surface area contributed by atoms with Crippen molar-refractivity contribution in [3.63, 3.8) is 0 Å². The molecule has 38 heavy (non-hydrogen) atoms. The van der Waals surface area contributed by atoms with E-state index in [1.807, 2.05) is 38.1 Å². The Kier molecular flexibility index (Phi) is 5.75. The molecule has 0 radical (unpaired) electrons. The predicted octanol–water partition coefficient (Wildman–Crippen LogP) is 5.18. The molecule has 0 spiro atoms. The van der Waals surface area contributed by atoms with Gasteiger partial charge < -0.3 is 10.3 Å². The number of halogens is 1. The number of fused-ring (bicyclic) bond motifs is 4. The topological polar surface area (TPSA) is 85.5 Å². The second kappa shape index (κ2) is 9.13. The highest BCUT2D eigenvalue weighted by Crippen LogP contribution is 2.45. The van der Waals surface area contributed by atoms with Crippen LogP contribution in [0.2, 0.25) is 0 Å². The molecule has 3 aromatic carbocycles. The van der Waals surface area contributed by atoms with Gasteiger partial charge in [-0.1, -0.05) is 56.3 Å². The Bertz CT molecular complexity index is 1580. The van der Waals surface area contributed by atoms with Gasteiger partial charge in [0.25, 0.3) is 11.8 Å². The van der Waals surface area contributed by atoms with Crippen molar-refractivity contribution < 1.29 is 18.8 Å². The molecular weight excluding hydrogens is 483 g/mol. The molecule has 1 fully saturated rings. The summed E-state index contributed by atoms with van der Waals surface area (Å²) < 4.78 is 13.9. The summed E-state index contributed by atoms with van der Waals surface area (Å²) >= 11 is 0. The first kappa shape index (κ1) is 23.9. The van der Waals surface area contributed by atoms with Gasteiger partial charge in [0.2, 0.25) is 0 Å². The smallest absolute Gasteiger partial charge is 0.332 e. The maximum Gasteiger partial charge on any atom is 0.332 e. The van der Waals surface area contributed by atoms with Crippen molar-refractivity contribution in [3.05, 3.63) is 101 Å². The van der Waals surface area contributed by atoms with Crippen molar-refractivity contribution in [1.82, 2.24) is 15.2 Å². The molecule has 1 saturated heterocycles. The third-order valence-corrected chi connectivity index (χ3v) is 7.30. The van der Waals surface area contributed by atoms with Crippen LogP contribution in [0.25, 0.3) is 10.9 Å². The average molecular weight is 511 g/mol. The Morgan fingerprint density at radius 1 is 1.03 bits per heavy atom. The highest BCUT2D eigenvalue weighted by atomic mass is 19.1. The fourth-order valence-corrected chi connectivity index (χ4v) is 5.54. The first-order chi connectivity index (χ1) is 18.3. The minimum atomic E-state index is -0.768. The summed E-state index contributed by atoms with van der Waals surface area (Å²) in [4.78, 5) is 47.2. The molecule has 0 saturated carbocycles. The van der Waals surface area contributed by atoms with Gasteiger partial charge in [-0.25, -0.2) is 14.1 Å². The van der Waals surface area contributed by atoms with E-state index in [-0.39, 0.29) is 34.8 Å². The van der Waals surface area contributed by atoms with Crippen LogP contribution in [0.1, 0.15) is 47.1 Å². The van der Waals surface area contributed by atoms with Crippen molar-refractivity contribution in [1.29, 1.82) is 0 Å². The summed E-state index contributed by atoms with van der Waals surface area (Å²) in [7, 11) is 0. The number of H-pyrrole nitrogens is 1. The van der Waals surface area contributed by atoms with Gasteiger partial charge in [0.05, 0.1) is 11.3 Å². The Morgan fingerprint density at radius 2 is 1.74 bits per heavy atom. The van der Waals surface area contributed by atoms with E-state index in [1.165, 1.54) is 12.1 Å². The molecule has 8 heteroatoms. The molecular formula is C30H27FN4O3. The largest absolute Gasteiger partial charge is 0.356 e. The van der Waals surface area contributed by atoms with E-state index in [2.05, 4.69) is 10.3 Å². The molecule has 0 bridgehead atoms. The lowest BCUT2D eigenvalue weighted by molar-refractivity contribution is -0.120. The molecule has 6 rings (SSSR count). The fourth-order valence-electron chi connectivity index (χ4n) is 5.54. The Labute approximate surface area is 219 Å². The number of para-hydroxylation sites is 2. The van der Waals surface area contributed by atoms with Gasteiger partial charge in [-0.2, -0.15) is 0 Å². The fraction of sp³-hybridized carbons (Fsp3) is 0.233. The lowest BCUT2D eigenvalue weighted by Gasteiger charge is -2.36. The standard InChI is InChI=1S/C30H27FN4O3/c1-17(2)16-32-28(36)21-8-4-6-10-24(21)35-29(37)25-15-22-20-7-3-5-9-23(20)33-26(22)27(34(25)30(35)38)18-11-13-19(31)14-12-18/h3-14,17,25,27,33H,15-16H2,1-2H3,(H,32,36)/t25-,27?/m0/s1. The number of nitrogens with one attached hydrogen (secondary N) is 2. The zero-order valence-electron chi connectivity index (χ0n) is 21.1. The molecule has 4 aromatic rings. The normalized spacial score (nSPS) is 18.7. The zero-order chi connectivity index (χ0) is 26.6. The highest BCUT2D eigenvalue weighted by Gasteiger charge is 2.53. The van der Waals surface area contributed by atoms with E-state index < -0.39 is 18.1 Å². The van der Waals surface area contributed by atoms with Crippen LogP contribution in [0, 0.1) is 11.7 Å². The van der Waals surface area contributed by atoms with Gasteiger partial charge in [-0.15, -0.1) is 0 Å². The third-order valence-electron chi connectivity index (χ3n) is 7.30. The molecule has 2 aliphatic heterocycles. The van der Waals surface area contributed by atoms with Gasteiger partial charge in [0.15, 0.2) is 0 Å². The molecule has 4 amide bonds. The number of carbonyl (C=O) groups excluding carboxylic acids is 3. The number of nitrogens with zero attached hydrogens (tertiary/aromatic N) is 2. The number of aromatic nitrogens is 1.